The maximum absolute atomic E-state index is 11.9. The van der Waals surface area contributed by atoms with Crippen molar-refractivity contribution < 1.29 is 19.2 Å². The van der Waals surface area contributed by atoms with Crippen LogP contribution in [0.25, 0.3) is 0 Å². The Balaban J connectivity index is 1.42. The molecule has 7 nitrogen and oxygen atoms in total. The van der Waals surface area contributed by atoms with Crippen LogP contribution in [-0.2, 0) is 19.2 Å². The number of carbonyl (C=O) groups is 2. The van der Waals surface area contributed by atoms with E-state index in [9.17, 15) is 9.59 Å². The lowest BCUT2D eigenvalue weighted by Crippen LogP contribution is -2.34. The van der Waals surface area contributed by atoms with E-state index in [1.165, 1.54) is 0 Å². The maximum Gasteiger partial charge on any atom is 0.243 e. The van der Waals surface area contributed by atoms with Gasteiger partial charge in [-0.05, 0) is 49.9 Å². The van der Waals surface area contributed by atoms with Gasteiger partial charge >= 0.3 is 0 Å². The van der Waals surface area contributed by atoms with E-state index < -0.39 is 0 Å². The fraction of sp³-hybridized carbons (Fsp3) is 0.600. The SMILES string of the molecule is Nc1ccc(NC(=O)CCCCCCCC(=O)NOC2CCCOC2)cc1. The first-order valence-electron chi connectivity index (χ1n) is 9.81. The van der Waals surface area contributed by atoms with Crippen molar-refractivity contribution in [3.63, 3.8) is 0 Å². The second-order valence-corrected chi connectivity index (χ2v) is 6.92. The van der Waals surface area contributed by atoms with Gasteiger partial charge in [0, 0.05) is 30.8 Å². The van der Waals surface area contributed by atoms with Gasteiger partial charge in [-0.3, -0.25) is 14.4 Å². The van der Waals surface area contributed by atoms with Crippen LogP contribution in [0.2, 0.25) is 0 Å². The second-order valence-electron chi connectivity index (χ2n) is 6.92. The summed E-state index contributed by atoms with van der Waals surface area (Å²) in [6.45, 7) is 1.32. The highest BCUT2D eigenvalue weighted by atomic mass is 16.7. The van der Waals surface area contributed by atoms with E-state index in [4.69, 9.17) is 15.3 Å². The first-order valence-corrected chi connectivity index (χ1v) is 9.81. The molecule has 1 saturated heterocycles. The van der Waals surface area contributed by atoms with Crippen molar-refractivity contribution in [3.8, 4) is 0 Å². The van der Waals surface area contributed by atoms with Gasteiger partial charge in [-0.2, -0.15) is 0 Å². The predicted molar refractivity (Wildman–Crippen MR) is 105 cm³/mol. The smallest absolute Gasteiger partial charge is 0.243 e. The average Bonchev–Trinajstić information content (AvgIpc) is 2.68. The van der Waals surface area contributed by atoms with Crippen LogP contribution in [0.3, 0.4) is 0 Å². The van der Waals surface area contributed by atoms with Crippen molar-refractivity contribution in [1.82, 2.24) is 5.48 Å². The summed E-state index contributed by atoms with van der Waals surface area (Å²) in [6, 6.07) is 7.12. The first-order chi connectivity index (χ1) is 13.1. The third kappa shape index (κ3) is 9.40. The minimum atomic E-state index is -0.0801. The van der Waals surface area contributed by atoms with Gasteiger partial charge in [0.25, 0.3) is 0 Å². The molecule has 1 aliphatic rings. The molecule has 0 radical (unpaired) electrons. The fourth-order valence-electron chi connectivity index (χ4n) is 2.90. The minimum absolute atomic E-state index is 0.0167. The molecule has 0 aliphatic carbocycles. The molecule has 0 saturated carbocycles. The molecule has 4 N–H and O–H groups in total. The molecule has 0 bridgehead atoms. The highest BCUT2D eigenvalue weighted by molar-refractivity contribution is 5.90. The van der Waals surface area contributed by atoms with Crippen molar-refractivity contribution in [2.24, 2.45) is 0 Å². The number of nitrogens with one attached hydrogen (secondary N) is 2. The molecule has 0 spiro atoms. The predicted octanol–water partition coefficient (Wildman–Crippen LogP) is 3.16. The second kappa shape index (κ2) is 12.3. The van der Waals surface area contributed by atoms with Crippen molar-refractivity contribution >= 4 is 23.2 Å². The quantitative estimate of drug-likeness (QED) is 0.312. The fourth-order valence-corrected chi connectivity index (χ4v) is 2.90. The Morgan fingerprint density at radius 2 is 1.70 bits per heavy atom. The van der Waals surface area contributed by atoms with Crippen molar-refractivity contribution in [2.75, 3.05) is 24.3 Å². The molecule has 1 aromatic rings. The largest absolute Gasteiger partial charge is 0.399 e. The maximum atomic E-state index is 11.9. The molecule has 1 fully saturated rings. The Bertz CT molecular complexity index is 571. The molecule has 2 rings (SSSR count). The third-order valence-electron chi connectivity index (χ3n) is 4.46. The topological polar surface area (TPSA) is 103 Å². The highest BCUT2D eigenvalue weighted by Crippen LogP contribution is 2.13. The van der Waals surface area contributed by atoms with Crippen LogP contribution in [0.15, 0.2) is 24.3 Å². The number of anilines is 2. The molecule has 150 valence electrons. The van der Waals surface area contributed by atoms with Crippen LogP contribution in [0.1, 0.15) is 57.8 Å². The van der Waals surface area contributed by atoms with Gasteiger partial charge < -0.3 is 15.8 Å². The molecule has 0 aromatic heterocycles. The van der Waals surface area contributed by atoms with Crippen LogP contribution >= 0.6 is 0 Å². The standard InChI is InChI=1S/C20H31N3O4/c21-16-10-12-17(13-11-16)22-19(24)8-4-2-1-3-5-9-20(25)23-27-18-7-6-14-26-15-18/h10-13,18H,1-9,14-15,21H2,(H,22,24)(H,23,25). The van der Waals surface area contributed by atoms with E-state index in [2.05, 4.69) is 10.8 Å². The van der Waals surface area contributed by atoms with Gasteiger partial charge in [0.15, 0.2) is 0 Å². The number of benzene rings is 1. The molecule has 7 heteroatoms. The van der Waals surface area contributed by atoms with Gasteiger partial charge in [0.1, 0.15) is 6.10 Å². The van der Waals surface area contributed by atoms with E-state index in [-0.39, 0.29) is 17.9 Å². The van der Waals surface area contributed by atoms with Gasteiger partial charge in [-0.25, -0.2) is 5.48 Å². The highest BCUT2D eigenvalue weighted by Gasteiger charge is 2.15. The number of hydrogen-bond acceptors (Lipinski definition) is 5. The van der Waals surface area contributed by atoms with Gasteiger partial charge in [0.05, 0.1) is 6.61 Å². The van der Waals surface area contributed by atoms with Gasteiger partial charge in [-0.15, -0.1) is 0 Å². The van der Waals surface area contributed by atoms with Crippen molar-refractivity contribution in [3.05, 3.63) is 24.3 Å². The average molecular weight is 377 g/mol. The van der Waals surface area contributed by atoms with E-state index in [1.54, 1.807) is 24.3 Å². The molecule has 1 aromatic carbocycles. The number of ether oxygens (including phenoxy) is 1. The number of nitrogen functional groups attached to an aromatic ring is 1. The van der Waals surface area contributed by atoms with Crippen LogP contribution in [-0.4, -0.2) is 31.1 Å². The number of amides is 2. The van der Waals surface area contributed by atoms with Crippen molar-refractivity contribution in [1.29, 1.82) is 0 Å². The zero-order valence-electron chi connectivity index (χ0n) is 15.9. The lowest BCUT2D eigenvalue weighted by Gasteiger charge is -2.21. The zero-order chi connectivity index (χ0) is 19.3. The van der Waals surface area contributed by atoms with E-state index >= 15 is 0 Å². The molecule has 1 heterocycles. The van der Waals surface area contributed by atoms with E-state index in [1.807, 2.05) is 0 Å². The summed E-state index contributed by atoms with van der Waals surface area (Å²) < 4.78 is 5.30. The number of rotatable bonds is 11. The van der Waals surface area contributed by atoms with Gasteiger partial charge in [0.2, 0.25) is 11.8 Å². The lowest BCUT2D eigenvalue weighted by molar-refractivity contribution is -0.146. The molecular weight excluding hydrogens is 346 g/mol. The minimum Gasteiger partial charge on any atom is -0.399 e. The molecular formula is C20H31N3O4. The Morgan fingerprint density at radius 3 is 2.37 bits per heavy atom. The molecule has 1 aliphatic heterocycles. The Hall–Kier alpha value is -2.12. The number of nitrogens with two attached hydrogens (primary N) is 1. The van der Waals surface area contributed by atoms with Crippen LogP contribution in [0.4, 0.5) is 11.4 Å². The van der Waals surface area contributed by atoms with Crippen LogP contribution in [0, 0.1) is 0 Å². The number of carbonyl (C=O) groups excluding carboxylic acids is 2. The van der Waals surface area contributed by atoms with Crippen LogP contribution < -0.4 is 16.5 Å². The Labute approximate surface area is 160 Å². The molecule has 1 unspecified atom stereocenters. The molecule has 2 amide bonds. The Morgan fingerprint density at radius 1 is 1.04 bits per heavy atom. The summed E-state index contributed by atoms with van der Waals surface area (Å²) in [5.41, 5.74) is 9.57. The van der Waals surface area contributed by atoms with E-state index in [0.29, 0.717) is 25.1 Å². The summed E-state index contributed by atoms with van der Waals surface area (Å²) in [5, 5.41) is 2.86. The monoisotopic (exact) mass is 377 g/mol. The van der Waals surface area contributed by atoms with Gasteiger partial charge in [-0.1, -0.05) is 19.3 Å². The third-order valence-corrected chi connectivity index (χ3v) is 4.46. The van der Waals surface area contributed by atoms with Crippen LogP contribution in [0.5, 0.6) is 0 Å². The van der Waals surface area contributed by atoms with E-state index in [0.717, 1.165) is 57.2 Å². The summed E-state index contributed by atoms with van der Waals surface area (Å²) >= 11 is 0. The lowest BCUT2D eigenvalue weighted by atomic mass is 10.1. The number of hydrogen-bond donors (Lipinski definition) is 3. The summed E-state index contributed by atoms with van der Waals surface area (Å²) in [4.78, 5) is 28.9. The normalized spacial score (nSPS) is 16.7. The molecule has 27 heavy (non-hydrogen) atoms. The molecule has 1 atom stereocenters. The zero-order valence-corrected chi connectivity index (χ0v) is 15.9. The number of hydroxylamine groups is 1. The number of unbranched alkanes of at least 4 members (excludes halogenated alkanes) is 4. The summed E-state index contributed by atoms with van der Waals surface area (Å²) in [6.07, 6.45) is 7.47. The summed E-state index contributed by atoms with van der Waals surface area (Å²) in [7, 11) is 0. The summed E-state index contributed by atoms with van der Waals surface area (Å²) in [5.74, 6) is -0.0635. The van der Waals surface area contributed by atoms with Crippen molar-refractivity contribution in [2.45, 2.75) is 63.9 Å². The first kappa shape index (κ1) is 21.2. The Kier molecular flexibility index (Phi) is 9.65.